The van der Waals surface area contributed by atoms with Crippen molar-refractivity contribution in [2.45, 2.75) is 39.2 Å². The fourth-order valence-electron chi connectivity index (χ4n) is 1.82. The van der Waals surface area contributed by atoms with Gasteiger partial charge in [-0.1, -0.05) is 26.0 Å². The van der Waals surface area contributed by atoms with Crippen molar-refractivity contribution >= 4 is 11.3 Å². The quantitative estimate of drug-likeness (QED) is 0.742. The highest BCUT2D eigenvalue weighted by atomic mass is 32.1. The Labute approximate surface area is 94.7 Å². The number of rotatable bonds is 1. The summed E-state index contributed by atoms with van der Waals surface area (Å²) >= 11 is 1.59. The third-order valence-electron chi connectivity index (χ3n) is 3.02. The van der Waals surface area contributed by atoms with Crippen LogP contribution in [0.4, 0.5) is 0 Å². The van der Waals surface area contributed by atoms with Gasteiger partial charge in [0.1, 0.15) is 5.60 Å². The number of aliphatic hydroxyl groups is 1. The van der Waals surface area contributed by atoms with Crippen LogP contribution in [0.2, 0.25) is 0 Å². The fraction of sp³-hybridized carbons (Fsp3) is 0.583. The molecule has 15 heavy (non-hydrogen) atoms. The van der Waals surface area contributed by atoms with Crippen LogP contribution >= 0.6 is 11.3 Å². The Bertz CT molecular complexity index is 394. The predicted molar refractivity (Wildman–Crippen MR) is 62.9 cm³/mol. The highest BCUT2D eigenvalue weighted by Gasteiger charge is 2.34. The Morgan fingerprint density at radius 2 is 2.07 bits per heavy atom. The van der Waals surface area contributed by atoms with E-state index in [0.717, 1.165) is 23.5 Å². The molecule has 1 aromatic rings. The van der Waals surface area contributed by atoms with Gasteiger partial charge >= 0.3 is 0 Å². The maximum Gasteiger partial charge on any atom is 0.125 e. The van der Waals surface area contributed by atoms with Gasteiger partial charge in [0, 0.05) is 5.38 Å². The van der Waals surface area contributed by atoms with E-state index in [2.05, 4.69) is 24.9 Å². The van der Waals surface area contributed by atoms with Gasteiger partial charge in [0.15, 0.2) is 0 Å². The SMILES string of the molecule is Cc1nc(C2(O)C=CC(C)(C)CC2)cs1. The van der Waals surface area contributed by atoms with Crippen molar-refractivity contribution in [2.75, 3.05) is 0 Å². The molecule has 2 nitrogen and oxygen atoms in total. The normalized spacial score (nSPS) is 29.3. The van der Waals surface area contributed by atoms with E-state index < -0.39 is 5.60 Å². The van der Waals surface area contributed by atoms with E-state index in [0.29, 0.717) is 0 Å². The largest absolute Gasteiger partial charge is 0.379 e. The van der Waals surface area contributed by atoms with E-state index in [9.17, 15) is 5.11 Å². The zero-order chi connectivity index (χ0) is 11.1. The van der Waals surface area contributed by atoms with Crippen LogP contribution in [0.1, 0.15) is 37.4 Å². The zero-order valence-electron chi connectivity index (χ0n) is 9.45. The minimum Gasteiger partial charge on any atom is -0.379 e. The average Bonchev–Trinajstić information content (AvgIpc) is 2.59. The molecule has 1 aliphatic carbocycles. The van der Waals surface area contributed by atoms with Crippen LogP contribution in [0.15, 0.2) is 17.5 Å². The first kappa shape index (κ1) is 10.8. The third-order valence-corrected chi connectivity index (χ3v) is 3.80. The number of thiazole rings is 1. The van der Waals surface area contributed by atoms with E-state index in [4.69, 9.17) is 0 Å². The van der Waals surface area contributed by atoms with Crippen LogP contribution in [0.5, 0.6) is 0 Å². The van der Waals surface area contributed by atoms with Crippen molar-refractivity contribution < 1.29 is 5.11 Å². The molecular formula is C12H17NOS. The molecule has 1 aromatic heterocycles. The van der Waals surface area contributed by atoms with Gasteiger partial charge in [0.2, 0.25) is 0 Å². The monoisotopic (exact) mass is 223 g/mol. The number of aromatic nitrogens is 1. The van der Waals surface area contributed by atoms with Crippen LogP contribution in [-0.4, -0.2) is 10.1 Å². The van der Waals surface area contributed by atoms with Crippen molar-refractivity contribution in [1.82, 2.24) is 4.98 Å². The smallest absolute Gasteiger partial charge is 0.125 e. The summed E-state index contributed by atoms with van der Waals surface area (Å²) in [6, 6.07) is 0. The van der Waals surface area contributed by atoms with Gasteiger partial charge in [-0.15, -0.1) is 11.3 Å². The lowest BCUT2D eigenvalue weighted by atomic mass is 9.76. The van der Waals surface area contributed by atoms with E-state index in [-0.39, 0.29) is 5.41 Å². The average molecular weight is 223 g/mol. The molecule has 0 spiro atoms. The number of hydrogen-bond donors (Lipinski definition) is 1. The fourth-order valence-corrected chi connectivity index (χ4v) is 2.51. The first-order valence-corrected chi connectivity index (χ1v) is 6.15. The molecule has 1 heterocycles. The molecule has 0 saturated heterocycles. The van der Waals surface area contributed by atoms with E-state index in [1.54, 1.807) is 11.3 Å². The summed E-state index contributed by atoms with van der Waals surface area (Å²) in [7, 11) is 0. The molecule has 0 aromatic carbocycles. The second-order valence-electron chi connectivity index (χ2n) is 5.00. The van der Waals surface area contributed by atoms with Crippen LogP contribution in [-0.2, 0) is 5.60 Å². The lowest BCUT2D eigenvalue weighted by Gasteiger charge is -2.33. The maximum atomic E-state index is 10.4. The molecule has 1 N–H and O–H groups in total. The first-order valence-electron chi connectivity index (χ1n) is 5.27. The Morgan fingerprint density at radius 3 is 2.53 bits per heavy atom. The van der Waals surface area contributed by atoms with Crippen molar-refractivity contribution in [3.63, 3.8) is 0 Å². The Morgan fingerprint density at radius 1 is 1.33 bits per heavy atom. The minimum atomic E-state index is -0.833. The molecule has 0 radical (unpaired) electrons. The topological polar surface area (TPSA) is 33.1 Å². The molecular weight excluding hydrogens is 206 g/mol. The van der Waals surface area contributed by atoms with Gasteiger partial charge in [-0.3, -0.25) is 0 Å². The number of allylic oxidation sites excluding steroid dienone is 1. The molecule has 0 saturated carbocycles. The van der Waals surface area contributed by atoms with Gasteiger partial charge in [-0.25, -0.2) is 4.98 Å². The molecule has 3 heteroatoms. The second kappa shape index (κ2) is 3.42. The summed E-state index contributed by atoms with van der Waals surface area (Å²) in [6.45, 7) is 6.35. The Kier molecular flexibility index (Phi) is 2.47. The van der Waals surface area contributed by atoms with Crippen LogP contribution < -0.4 is 0 Å². The lowest BCUT2D eigenvalue weighted by molar-refractivity contribution is 0.0544. The molecule has 2 rings (SSSR count). The van der Waals surface area contributed by atoms with Gasteiger partial charge in [0.25, 0.3) is 0 Å². The molecule has 1 atom stereocenters. The molecule has 0 bridgehead atoms. The highest BCUT2D eigenvalue weighted by molar-refractivity contribution is 7.09. The number of aryl methyl sites for hydroxylation is 1. The van der Waals surface area contributed by atoms with Gasteiger partial charge < -0.3 is 5.11 Å². The summed E-state index contributed by atoms with van der Waals surface area (Å²) in [6.07, 6.45) is 5.77. The van der Waals surface area contributed by atoms with Crippen LogP contribution in [0, 0.1) is 12.3 Å². The third kappa shape index (κ3) is 2.13. The summed E-state index contributed by atoms with van der Waals surface area (Å²) in [4.78, 5) is 4.37. The number of nitrogens with zero attached hydrogens (tertiary/aromatic N) is 1. The highest BCUT2D eigenvalue weighted by Crippen LogP contribution is 2.39. The van der Waals surface area contributed by atoms with Crippen molar-refractivity contribution in [3.8, 4) is 0 Å². The summed E-state index contributed by atoms with van der Waals surface area (Å²) in [5.41, 5.74) is 0.175. The zero-order valence-corrected chi connectivity index (χ0v) is 10.3. The standard InChI is InChI=1S/C12H17NOS/c1-9-13-10(8-15-9)12(14)6-4-11(2,3)5-7-12/h4,6,8,14H,5,7H2,1-3H3. The van der Waals surface area contributed by atoms with E-state index >= 15 is 0 Å². The summed E-state index contributed by atoms with van der Waals surface area (Å²) in [5, 5.41) is 13.4. The Hall–Kier alpha value is -0.670. The summed E-state index contributed by atoms with van der Waals surface area (Å²) < 4.78 is 0. The minimum absolute atomic E-state index is 0.206. The maximum absolute atomic E-state index is 10.4. The lowest BCUT2D eigenvalue weighted by Crippen LogP contribution is -2.30. The second-order valence-corrected chi connectivity index (χ2v) is 6.06. The number of hydrogen-bond acceptors (Lipinski definition) is 3. The predicted octanol–water partition coefficient (Wildman–Crippen LogP) is 3.02. The molecule has 0 fully saturated rings. The van der Waals surface area contributed by atoms with E-state index in [1.807, 2.05) is 18.4 Å². The molecule has 1 aliphatic rings. The van der Waals surface area contributed by atoms with Crippen LogP contribution in [0.3, 0.4) is 0 Å². The molecule has 0 amide bonds. The van der Waals surface area contributed by atoms with Gasteiger partial charge in [-0.2, -0.15) is 0 Å². The van der Waals surface area contributed by atoms with E-state index in [1.165, 1.54) is 0 Å². The van der Waals surface area contributed by atoms with Gasteiger partial charge in [0.05, 0.1) is 10.7 Å². The first-order chi connectivity index (χ1) is 6.91. The van der Waals surface area contributed by atoms with Gasteiger partial charge in [-0.05, 0) is 25.2 Å². The van der Waals surface area contributed by atoms with Crippen molar-refractivity contribution in [2.24, 2.45) is 5.41 Å². The van der Waals surface area contributed by atoms with Crippen LogP contribution in [0.25, 0.3) is 0 Å². The molecule has 1 unspecified atom stereocenters. The van der Waals surface area contributed by atoms with Crippen molar-refractivity contribution in [3.05, 3.63) is 28.2 Å². The Balaban J connectivity index is 2.30. The summed E-state index contributed by atoms with van der Waals surface area (Å²) in [5.74, 6) is 0. The molecule has 82 valence electrons. The molecule has 0 aliphatic heterocycles. The van der Waals surface area contributed by atoms with Crippen molar-refractivity contribution in [1.29, 1.82) is 0 Å².